The predicted octanol–water partition coefficient (Wildman–Crippen LogP) is 4.22. The van der Waals surface area contributed by atoms with Gasteiger partial charge >= 0.3 is 0 Å². The molecule has 0 heterocycles. The quantitative estimate of drug-likeness (QED) is 0.578. The third-order valence-corrected chi connectivity index (χ3v) is 4.92. The molecule has 2 nitrogen and oxygen atoms in total. The van der Waals surface area contributed by atoms with Crippen molar-refractivity contribution >= 4 is 29.4 Å². The van der Waals surface area contributed by atoms with Crippen LogP contribution in [0.5, 0.6) is 0 Å². The van der Waals surface area contributed by atoms with E-state index in [2.05, 4.69) is 17.4 Å². The SMILES string of the molecule is O=C(CCSc1ccccc1F)NCCSc1ccccc1. The zero-order valence-electron chi connectivity index (χ0n) is 12.1. The normalized spacial score (nSPS) is 10.4. The summed E-state index contributed by atoms with van der Waals surface area (Å²) >= 11 is 3.09. The van der Waals surface area contributed by atoms with Gasteiger partial charge in [-0.1, -0.05) is 30.3 Å². The Kier molecular flexibility index (Phi) is 7.33. The van der Waals surface area contributed by atoms with Crippen LogP contribution in [-0.4, -0.2) is 24.0 Å². The van der Waals surface area contributed by atoms with Crippen LogP contribution in [0.3, 0.4) is 0 Å². The Morgan fingerprint density at radius 3 is 2.45 bits per heavy atom. The van der Waals surface area contributed by atoms with Crippen molar-refractivity contribution in [3.63, 3.8) is 0 Å². The van der Waals surface area contributed by atoms with Crippen LogP contribution in [0.2, 0.25) is 0 Å². The van der Waals surface area contributed by atoms with Crippen LogP contribution in [0.25, 0.3) is 0 Å². The summed E-state index contributed by atoms with van der Waals surface area (Å²) < 4.78 is 13.4. The van der Waals surface area contributed by atoms with Gasteiger partial charge in [-0.15, -0.1) is 23.5 Å². The second-order valence-corrected chi connectivity index (χ2v) is 6.85. The van der Waals surface area contributed by atoms with Crippen molar-refractivity contribution in [2.45, 2.75) is 16.2 Å². The first-order valence-corrected chi connectivity index (χ1v) is 9.05. The minimum atomic E-state index is -0.229. The van der Waals surface area contributed by atoms with E-state index in [4.69, 9.17) is 0 Å². The maximum absolute atomic E-state index is 13.4. The summed E-state index contributed by atoms with van der Waals surface area (Å²) in [6, 6.07) is 16.7. The predicted molar refractivity (Wildman–Crippen MR) is 91.9 cm³/mol. The molecule has 0 spiro atoms. The first kappa shape index (κ1) is 16.9. The molecule has 0 radical (unpaired) electrons. The molecule has 22 heavy (non-hydrogen) atoms. The molecule has 1 N–H and O–H groups in total. The lowest BCUT2D eigenvalue weighted by atomic mass is 10.3. The van der Waals surface area contributed by atoms with E-state index in [0.717, 1.165) is 5.75 Å². The topological polar surface area (TPSA) is 29.1 Å². The number of carbonyl (C=O) groups excluding carboxylic acids is 1. The van der Waals surface area contributed by atoms with Gasteiger partial charge in [0.05, 0.1) is 0 Å². The molecule has 0 bridgehead atoms. The second kappa shape index (κ2) is 9.54. The first-order chi connectivity index (χ1) is 10.8. The molecule has 2 aromatic carbocycles. The molecule has 116 valence electrons. The number of rotatable bonds is 8. The van der Waals surface area contributed by atoms with Crippen LogP contribution in [-0.2, 0) is 4.79 Å². The van der Waals surface area contributed by atoms with Gasteiger partial charge in [0.25, 0.3) is 0 Å². The minimum absolute atomic E-state index is 0.0116. The number of hydrogen-bond donors (Lipinski definition) is 1. The minimum Gasteiger partial charge on any atom is -0.355 e. The van der Waals surface area contributed by atoms with Gasteiger partial charge in [-0.3, -0.25) is 4.79 Å². The van der Waals surface area contributed by atoms with E-state index in [0.29, 0.717) is 23.6 Å². The average molecular weight is 335 g/mol. The summed E-state index contributed by atoms with van der Waals surface area (Å²) in [6.45, 7) is 0.642. The maximum Gasteiger partial charge on any atom is 0.220 e. The Labute approximate surface area is 138 Å². The van der Waals surface area contributed by atoms with E-state index >= 15 is 0 Å². The van der Waals surface area contributed by atoms with Crippen LogP contribution in [0, 0.1) is 5.82 Å². The molecule has 0 saturated carbocycles. The number of nitrogens with one attached hydrogen (secondary N) is 1. The molecule has 5 heteroatoms. The van der Waals surface area contributed by atoms with E-state index in [1.54, 1.807) is 30.0 Å². The summed E-state index contributed by atoms with van der Waals surface area (Å²) in [5.74, 6) is 1.21. The number of carbonyl (C=O) groups is 1. The molecule has 0 aliphatic heterocycles. The molecular formula is C17H18FNOS2. The van der Waals surface area contributed by atoms with E-state index in [1.165, 1.54) is 22.7 Å². The van der Waals surface area contributed by atoms with Crippen molar-refractivity contribution in [2.75, 3.05) is 18.1 Å². The van der Waals surface area contributed by atoms with Gasteiger partial charge in [0, 0.05) is 34.3 Å². The number of hydrogen-bond acceptors (Lipinski definition) is 3. The molecular weight excluding hydrogens is 317 g/mol. The lowest BCUT2D eigenvalue weighted by Crippen LogP contribution is -2.25. The average Bonchev–Trinajstić information content (AvgIpc) is 2.54. The van der Waals surface area contributed by atoms with Gasteiger partial charge in [0.1, 0.15) is 5.82 Å². The van der Waals surface area contributed by atoms with E-state index in [9.17, 15) is 9.18 Å². The smallest absolute Gasteiger partial charge is 0.220 e. The lowest BCUT2D eigenvalue weighted by Gasteiger charge is -2.06. The van der Waals surface area contributed by atoms with Gasteiger partial charge in [0.2, 0.25) is 5.91 Å². The van der Waals surface area contributed by atoms with Crippen molar-refractivity contribution in [3.05, 3.63) is 60.4 Å². The highest BCUT2D eigenvalue weighted by molar-refractivity contribution is 7.99. The van der Waals surface area contributed by atoms with Crippen molar-refractivity contribution in [2.24, 2.45) is 0 Å². The zero-order valence-corrected chi connectivity index (χ0v) is 13.8. The largest absolute Gasteiger partial charge is 0.355 e. The fourth-order valence-corrected chi connectivity index (χ4v) is 3.46. The highest BCUT2D eigenvalue weighted by Gasteiger charge is 2.04. The summed E-state index contributed by atoms with van der Waals surface area (Å²) in [6.07, 6.45) is 0.398. The molecule has 0 saturated heterocycles. The molecule has 0 fully saturated rings. The van der Waals surface area contributed by atoms with E-state index < -0.39 is 0 Å². The molecule has 2 aromatic rings. The molecule has 0 aromatic heterocycles. The standard InChI is InChI=1S/C17H18FNOS2/c18-15-8-4-5-9-16(15)22-12-10-17(20)19-11-13-21-14-6-2-1-3-7-14/h1-9H,10-13H2,(H,19,20). The summed E-state index contributed by atoms with van der Waals surface area (Å²) in [5, 5.41) is 2.89. The summed E-state index contributed by atoms with van der Waals surface area (Å²) in [5.41, 5.74) is 0. The van der Waals surface area contributed by atoms with Crippen molar-refractivity contribution < 1.29 is 9.18 Å². The Hall–Kier alpha value is -1.46. The van der Waals surface area contributed by atoms with Crippen LogP contribution < -0.4 is 5.32 Å². The van der Waals surface area contributed by atoms with E-state index in [-0.39, 0.29) is 11.7 Å². The Morgan fingerprint density at radius 1 is 0.955 bits per heavy atom. The number of benzene rings is 2. The summed E-state index contributed by atoms with van der Waals surface area (Å²) in [7, 11) is 0. The van der Waals surface area contributed by atoms with Gasteiger partial charge in [0.15, 0.2) is 0 Å². The Bertz CT molecular complexity index is 592. The van der Waals surface area contributed by atoms with Crippen LogP contribution in [0.4, 0.5) is 4.39 Å². The van der Waals surface area contributed by atoms with Crippen LogP contribution in [0.15, 0.2) is 64.4 Å². The van der Waals surface area contributed by atoms with Crippen LogP contribution >= 0.6 is 23.5 Å². The van der Waals surface area contributed by atoms with Gasteiger partial charge in [-0.25, -0.2) is 4.39 Å². The fraction of sp³-hybridized carbons (Fsp3) is 0.235. The highest BCUT2D eigenvalue weighted by Crippen LogP contribution is 2.21. The molecule has 0 atom stereocenters. The number of halogens is 1. The Morgan fingerprint density at radius 2 is 1.68 bits per heavy atom. The number of thioether (sulfide) groups is 2. The molecule has 2 rings (SSSR count). The Balaban J connectivity index is 1.57. The third kappa shape index (κ3) is 6.12. The summed E-state index contributed by atoms with van der Waals surface area (Å²) in [4.78, 5) is 13.5. The third-order valence-electron chi connectivity index (χ3n) is 2.86. The lowest BCUT2D eigenvalue weighted by molar-refractivity contribution is -0.120. The zero-order chi connectivity index (χ0) is 15.6. The highest BCUT2D eigenvalue weighted by atomic mass is 32.2. The monoisotopic (exact) mass is 335 g/mol. The van der Waals surface area contributed by atoms with E-state index in [1.807, 2.05) is 18.2 Å². The molecule has 0 aliphatic rings. The van der Waals surface area contributed by atoms with Gasteiger partial charge in [-0.2, -0.15) is 0 Å². The van der Waals surface area contributed by atoms with Crippen molar-refractivity contribution in [1.82, 2.24) is 5.32 Å². The molecule has 1 amide bonds. The molecule has 0 aliphatic carbocycles. The second-order valence-electron chi connectivity index (χ2n) is 4.54. The van der Waals surface area contributed by atoms with Gasteiger partial charge < -0.3 is 5.32 Å². The van der Waals surface area contributed by atoms with Gasteiger partial charge in [-0.05, 0) is 24.3 Å². The maximum atomic E-state index is 13.4. The van der Waals surface area contributed by atoms with Crippen LogP contribution in [0.1, 0.15) is 6.42 Å². The molecule has 0 unspecified atom stereocenters. The van der Waals surface area contributed by atoms with Crippen molar-refractivity contribution in [1.29, 1.82) is 0 Å². The number of amides is 1. The fourth-order valence-electron chi connectivity index (χ4n) is 1.78. The van der Waals surface area contributed by atoms with Crippen molar-refractivity contribution in [3.8, 4) is 0 Å². The first-order valence-electron chi connectivity index (χ1n) is 7.07.